The number of hydrogen-bond donors (Lipinski definition) is 2. The van der Waals surface area contributed by atoms with Crippen LogP contribution in [0.15, 0.2) is 53.7 Å². The van der Waals surface area contributed by atoms with E-state index in [0.29, 0.717) is 33.7 Å². The number of halogens is 1. The van der Waals surface area contributed by atoms with Crippen molar-refractivity contribution >= 4 is 46.6 Å². The first-order chi connectivity index (χ1) is 14.8. The lowest BCUT2D eigenvalue weighted by molar-refractivity contribution is -0.115. The summed E-state index contributed by atoms with van der Waals surface area (Å²) in [6, 6.07) is 14.2. The van der Waals surface area contributed by atoms with Crippen molar-refractivity contribution in [2.75, 3.05) is 11.1 Å². The minimum absolute atomic E-state index is 0.0599. The second-order valence-electron chi connectivity index (χ2n) is 6.96. The molecule has 0 saturated heterocycles. The third kappa shape index (κ3) is 5.62. The van der Waals surface area contributed by atoms with Crippen LogP contribution in [-0.4, -0.2) is 26.9 Å². The van der Waals surface area contributed by atoms with Crippen LogP contribution in [0.1, 0.15) is 36.8 Å². The van der Waals surface area contributed by atoms with E-state index >= 15 is 0 Å². The number of Topliss-reactive ketones (excluding diaryl/α,β-unsaturated/α-hetero) is 1. The van der Waals surface area contributed by atoms with Crippen LogP contribution in [0.3, 0.4) is 0 Å². The van der Waals surface area contributed by atoms with Crippen molar-refractivity contribution < 1.29 is 9.59 Å². The van der Waals surface area contributed by atoms with Crippen molar-refractivity contribution in [3.8, 4) is 11.1 Å². The van der Waals surface area contributed by atoms with Crippen molar-refractivity contribution in [3.63, 3.8) is 0 Å². The fourth-order valence-electron chi connectivity index (χ4n) is 3.01. The van der Waals surface area contributed by atoms with E-state index in [9.17, 15) is 9.59 Å². The van der Waals surface area contributed by atoms with E-state index in [0.717, 1.165) is 16.8 Å². The van der Waals surface area contributed by atoms with E-state index in [2.05, 4.69) is 15.3 Å². The molecule has 6 nitrogen and oxygen atoms in total. The van der Waals surface area contributed by atoms with Crippen LogP contribution in [0.25, 0.3) is 11.1 Å². The smallest absolute Gasteiger partial charge is 0.237 e. The molecule has 0 aliphatic heterocycles. The Labute approximate surface area is 190 Å². The highest BCUT2D eigenvalue weighted by Gasteiger charge is 2.19. The topological polar surface area (TPSA) is 98.0 Å². The van der Waals surface area contributed by atoms with Gasteiger partial charge in [0, 0.05) is 21.8 Å². The summed E-state index contributed by atoms with van der Waals surface area (Å²) in [5, 5.41) is 3.44. The largest absolute Gasteiger partial charge is 0.383 e. The molecule has 2 aromatic carbocycles. The lowest BCUT2D eigenvalue weighted by Gasteiger charge is -2.15. The molecular weight excluding hydrogens is 432 g/mol. The molecule has 0 saturated carbocycles. The van der Waals surface area contributed by atoms with E-state index in [1.165, 1.54) is 18.7 Å². The highest BCUT2D eigenvalue weighted by molar-refractivity contribution is 8.00. The zero-order chi connectivity index (χ0) is 22.5. The van der Waals surface area contributed by atoms with E-state index in [4.69, 9.17) is 17.3 Å². The predicted octanol–water partition coefficient (Wildman–Crippen LogP) is 5.26. The predicted molar refractivity (Wildman–Crippen MR) is 127 cm³/mol. The van der Waals surface area contributed by atoms with Gasteiger partial charge in [0.1, 0.15) is 5.82 Å². The van der Waals surface area contributed by atoms with Gasteiger partial charge in [-0.3, -0.25) is 9.59 Å². The van der Waals surface area contributed by atoms with E-state index in [1.54, 1.807) is 43.3 Å². The molecule has 3 aromatic rings. The van der Waals surface area contributed by atoms with E-state index in [1.807, 2.05) is 19.1 Å². The number of nitrogens with one attached hydrogen (secondary N) is 1. The zero-order valence-electron chi connectivity index (χ0n) is 17.5. The number of carbonyl (C=O) groups is 2. The average Bonchev–Trinajstić information content (AvgIpc) is 2.74. The van der Waals surface area contributed by atoms with Gasteiger partial charge < -0.3 is 11.1 Å². The van der Waals surface area contributed by atoms with Crippen molar-refractivity contribution in [3.05, 3.63) is 64.8 Å². The molecule has 1 atom stereocenters. The number of aryl methyl sites for hydroxylation is 1. The van der Waals surface area contributed by atoms with Gasteiger partial charge >= 0.3 is 0 Å². The number of anilines is 2. The number of nitrogens with zero attached hydrogens (tertiary/aromatic N) is 2. The number of benzene rings is 2. The summed E-state index contributed by atoms with van der Waals surface area (Å²) in [6.45, 7) is 5.25. The molecule has 1 amide bonds. The number of hydrogen-bond acceptors (Lipinski definition) is 6. The Morgan fingerprint density at radius 1 is 1.16 bits per heavy atom. The molecule has 0 aliphatic carbocycles. The monoisotopic (exact) mass is 454 g/mol. The van der Waals surface area contributed by atoms with Crippen molar-refractivity contribution in [1.29, 1.82) is 0 Å². The number of amides is 1. The summed E-state index contributed by atoms with van der Waals surface area (Å²) in [6.07, 6.45) is 0.663. The van der Waals surface area contributed by atoms with Gasteiger partial charge in [-0.25, -0.2) is 9.97 Å². The maximum Gasteiger partial charge on any atom is 0.237 e. The summed E-state index contributed by atoms with van der Waals surface area (Å²) in [5.41, 5.74) is 9.85. The molecular formula is C23H23ClN4O2S. The summed E-state index contributed by atoms with van der Waals surface area (Å²) in [5.74, 6) is 0.0846. The summed E-state index contributed by atoms with van der Waals surface area (Å²) < 4.78 is 0. The van der Waals surface area contributed by atoms with Crippen molar-refractivity contribution in [2.24, 2.45) is 0 Å². The molecule has 160 valence electrons. The number of aromatic nitrogens is 2. The second kappa shape index (κ2) is 9.94. The Balaban J connectivity index is 1.78. The molecule has 8 heteroatoms. The van der Waals surface area contributed by atoms with Gasteiger partial charge in [0.25, 0.3) is 0 Å². The maximum absolute atomic E-state index is 12.6. The number of nitrogens with two attached hydrogens (primary N) is 1. The minimum atomic E-state index is -0.466. The first kappa shape index (κ1) is 22.8. The third-order valence-corrected chi connectivity index (χ3v) is 5.86. The van der Waals surface area contributed by atoms with Crippen LogP contribution in [0.5, 0.6) is 0 Å². The minimum Gasteiger partial charge on any atom is -0.383 e. The molecule has 1 aromatic heterocycles. The molecule has 3 rings (SSSR count). The molecule has 0 bridgehead atoms. The van der Waals surface area contributed by atoms with Gasteiger partial charge in [-0.1, -0.05) is 54.6 Å². The third-order valence-electron chi connectivity index (χ3n) is 4.65. The summed E-state index contributed by atoms with van der Waals surface area (Å²) in [7, 11) is 0. The summed E-state index contributed by atoms with van der Waals surface area (Å²) >= 11 is 7.22. The normalized spacial score (nSPS) is 11.7. The second-order valence-corrected chi connectivity index (χ2v) is 8.70. The highest BCUT2D eigenvalue weighted by atomic mass is 35.5. The van der Waals surface area contributed by atoms with Crippen LogP contribution in [0.2, 0.25) is 5.02 Å². The Morgan fingerprint density at radius 3 is 2.52 bits per heavy atom. The number of nitrogen functional groups attached to an aromatic ring is 1. The van der Waals surface area contributed by atoms with Crippen LogP contribution >= 0.6 is 23.4 Å². The molecule has 1 heterocycles. The van der Waals surface area contributed by atoms with Crippen molar-refractivity contribution in [1.82, 2.24) is 9.97 Å². The molecule has 0 radical (unpaired) electrons. The molecule has 31 heavy (non-hydrogen) atoms. The molecule has 1 unspecified atom stereocenters. The van der Waals surface area contributed by atoms with Crippen molar-refractivity contribution in [2.45, 2.75) is 37.6 Å². The van der Waals surface area contributed by atoms with Gasteiger partial charge in [-0.05, 0) is 50.1 Å². The Bertz CT molecular complexity index is 1120. The first-order valence-electron chi connectivity index (χ1n) is 9.79. The van der Waals surface area contributed by atoms with E-state index < -0.39 is 5.25 Å². The van der Waals surface area contributed by atoms with E-state index in [-0.39, 0.29) is 11.7 Å². The lowest BCUT2D eigenvalue weighted by Crippen LogP contribution is -2.23. The van der Waals surface area contributed by atoms with Gasteiger partial charge in [-0.15, -0.1) is 0 Å². The quantitative estimate of drug-likeness (QED) is 0.287. The van der Waals surface area contributed by atoms with Crippen LogP contribution < -0.4 is 11.1 Å². The molecule has 0 spiro atoms. The number of rotatable bonds is 7. The first-order valence-corrected chi connectivity index (χ1v) is 11.0. The van der Waals surface area contributed by atoms with Crippen LogP contribution in [0.4, 0.5) is 11.5 Å². The number of thioether (sulfide) groups is 1. The highest BCUT2D eigenvalue weighted by Crippen LogP contribution is 2.32. The van der Waals surface area contributed by atoms with Gasteiger partial charge in [0.15, 0.2) is 10.9 Å². The van der Waals surface area contributed by atoms with Gasteiger partial charge in [0.2, 0.25) is 5.91 Å². The Morgan fingerprint density at radius 2 is 1.87 bits per heavy atom. The number of carbonyl (C=O) groups excluding carboxylic acids is 2. The fraction of sp³-hybridized carbons (Fsp3) is 0.217. The Kier molecular flexibility index (Phi) is 7.30. The SMILES string of the molecule is CCc1nc(SC(C)C(=O)Nc2cccc(C(C)=O)c2)nc(N)c1-c1ccc(Cl)cc1. The standard InChI is InChI=1S/C23H23ClN4O2S/c1-4-19-20(15-8-10-17(24)11-9-15)21(25)28-23(27-19)31-14(3)22(30)26-18-7-5-6-16(12-18)13(2)29/h5-12,14H,4H2,1-3H3,(H,26,30)(H2,25,27,28). The molecule has 0 fully saturated rings. The van der Waals surface area contributed by atoms with Crippen LogP contribution in [-0.2, 0) is 11.2 Å². The fourth-order valence-corrected chi connectivity index (χ4v) is 3.94. The maximum atomic E-state index is 12.6. The summed E-state index contributed by atoms with van der Waals surface area (Å²) in [4.78, 5) is 33.2. The average molecular weight is 455 g/mol. The van der Waals surface area contributed by atoms with Gasteiger partial charge in [0.05, 0.1) is 10.9 Å². The Hall–Kier alpha value is -2.90. The zero-order valence-corrected chi connectivity index (χ0v) is 19.1. The lowest BCUT2D eigenvalue weighted by atomic mass is 10.0. The van der Waals surface area contributed by atoms with Crippen LogP contribution in [0, 0.1) is 0 Å². The molecule has 3 N–H and O–H groups in total. The molecule has 0 aliphatic rings. The number of ketones is 1. The van der Waals surface area contributed by atoms with Gasteiger partial charge in [-0.2, -0.15) is 0 Å².